The number of aliphatic hydroxyl groups is 1. The van der Waals surface area contributed by atoms with Gasteiger partial charge in [0, 0.05) is 19.2 Å². The first-order valence-electron chi connectivity index (χ1n) is 5.22. The summed E-state index contributed by atoms with van der Waals surface area (Å²) < 4.78 is 5.10. The van der Waals surface area contributed by atoms with Crippen molar-refractivity contribution in [3.63, 3.8) is 0 Å². The predicted octanol–water partition coefficient (Wildman–Crippen LogP) is 0.302. The van der Waals surface area contributed by atoms with E-state index in [1.54, 1.807) is 6.92 Å². The lowest BCUT2D eigenvalue weighted by atomic mass is 10.1. The van der Waals surface area contributed by atoms with E-state index in [0.717, 1.165) is 19.2 Å². The Morgan fingerprint density at radius 2 is 2.38 bits per heavy atom. The second-order valence-electron chi connectivity index (χ2n) is 4.55. The smallest absolute Gasteiger partial charge is 0.226 e. The molecule has 0 bridgehead atoms. The van der Waals surface area contributed by atoms with E-state index in [9.17, 15) is 9.90 Å². The fourth-order valence-corrected chi connectivity index (χ4v) is 1.92. The molecule has 2 N–H and O–H groups in total. The average Bonchev–Trinajstić information content (AvgIpc) is 2.52. The molecule has 0 amide bonds. The Morgan fingerprint density at radius 3 is 2.94 bits per heavy atom. The molecule has 0 spiro atoms. The molecule has 1 aromatic rings. The van der Waals surface area contributed by atoms with Crippen LogP contribution in [-0.2, 0) is 6.54 Å². The van der Waals surface area contributed by atoms with Gasteiger partial charge in [-0.3, -0.25) is 9.69 Å². The average molecular weight is 225 g/mol. The van der Waals surface area contributed by atoms with Crippen molar-refractivity contribution in [2.24, 2.45) is 0 Å². The third-order valence-corrected chi connectivity index (χ3v) is 2.78. The largest absolute Gasteiger partial charge is 0.502 e. The summed E-state index contributed by atoms with van der Waals surface area (Å²) in [7, 11) is 0. The fraction of sp³-hybridized carbons (Fsp3) is 0.545. The summed E-state index contributed by atoms with van der Waals surface area (Å²) in [4.78, 5) is 13.2. The van der Waals surface area contributed by atoms with Gasteiger partial charge in [0.25, 0.3) is 0 Å². The minimum atomic E-state index is -0.656. The summed E-state index contributed by atoms with van der Waals surface area (Å²) in [6.07, 6.45) is 1.77. The van der Waals surface area contributed by atoms with Crippen molar-refractivity contribution in [3.8, 4) is 5.75 Å². The molecule has 1 saturated heterocycles. The Kier molecular flexibility index (Phi) is 2.73. The van der Waals surface area contributed by atoms with Crippen LogP contribution in [0.5, 0.6) is 5.75 Å². The summed E-state index contributed by atoms with van der Waals surface area (Å²) in [5.41, 5.74) is -1.09. The van der Waals surface area contributed by atoms with Crippen molar-refractivity contribution in [3.05, 3.63) is 28.3 Å². The Balaban J connectivity index is 2.05. The lowest BCUT2D eigenvalue weighted by Crippen LogP contribution is -2.29. The maximum atomic E-state index is 11.2. The molecule has 0 aromatic carbocycles. The first kappa shape index (κ1) is 11.2. The van der Waals surface area contributed by atoms with E-state index in [-0.39, 0.29) is 5.75 Å². The van der Waals surface area contributed by atoms with Crippen LogP contribution in [0.25, 0.3) is 0 Å². The SMILES string of the molecule is CC1(O)CCN(Cc2cc(=O)c(O)co2)C1. The third kappa shape index (κ3) is 2.43. The lowest BCUT2D eigenvalue weighted by Gasteiger charge is -2.17. The van der Waals surface area contributed by atoms with E-state index in [1.807, 2.05) is 4.90 Å². The van der Waals surface area contributed by atoms with E-state index in [2.05, 4.69) is 0 Å². The van der Waals surface area contributed by atoms with E-state index < -0.39 is 11.0 Å². The number of β-amino-alcohol motifs (C(OH)–C–C–N with tert-alkyl or cyclic N) is 1. The van der Waals surface area contributed by atoms with E-state index in [4.69, 9.17) is 9.52 Å². The quantitative estimate of drug-likeness (QED) is 0.757. The van der Waals surface area contributed by atoms with Gasteiger partial charge in [-0.05, 0) is 13.3 Å². The monoisotopic (exact) mass is 225 g/mol. The number of hydrogen-bond donors (Lipinski definition) is 2. The molecule has 0 aliphatic carbocycles. The van der Waals surface area contributed by atoms with Gasteiger partial charge in [-0.2, -0.15) is 0 Å². The highest BCUT2D eigenvalue weighted by molar-refractivity contribution is 5.15. The van der Waals surface area contributed by atoms with Gasteiger partial charge in [0.1, 0.15) is 12.0 Å². The number of nitrogens with zero attached hydrogens (tertiary/aromatic N) is 1. The molecule has 2 rings (SSSR count). The molecule has 1 unspecified atom stereocenters. The standard InChI is InChI=1S/C11H15NO4/c1-11(15)2-3-12(7-11)5-8-4-9(13)10(14)6-16-8/h4,6,14-15H,2-3,5,7H2,1H3. The highest BCUT2D eigenvalue weighted by Crippen LogP contribution is 2.21. The maximum Gasteiger partial charge on any atom is 0.226 e. The molecular formula is C11H15NO4. The maximum absolute atomic E-state index is 11.2. The van der Waals surface area contributed by atoms with Gasteiger partial charge in [-0.1, -0.05) is 0 Å². The Bertz CT molecular complexity index is 438. The van der Waals surface area contributed by atoms with Crippen LogP contribution in [0, 0.1) is 0 Å². The summed E-state index contributed by atoms with van der Waals surface area (Å²) in [5.74, 6) is 0.123. The molecule has 88 valence electrons. The molecule has 0 radical (unpaired) electrons. The molecule has 1 atom stereocenters. The molecule has 1 aliphatic rings. The summed E-state index contributed by atoms with van der Waals surface area (Å²) in [6, 6.07) is 1.28. The number of hydrogen-bond acceptors (Lipinski definition) is 5. The summed E-state index contributed by atoms with van der Waals surface area (Å²) in [6.45, 7) is 3.61. The Morgan fingerprint density at radius 1 is 1.62 bits per heavy atom. The van der Waals surface area contributed by atoms with Crippen LogP contribution < -0.4 is 5.43 Å². The molecule has 1 fully saturated rings. The molecule has 1 aliphatic heterocycles. The topological polar surface area (TPSA) is 73.9 Å². The zero-order valence-corrected chi connectivity index (χ0v) is 9.14. The summed E-state index contributed by atoms with van der Waals surface area (Å²) >= 11 is 0. The van der Waals surface area contributed by atoms with Crippen molar-refractivity contribution in [1.29, 1.82) is 0 Å². The Hall–Kier alpha value is -1.33. The molecule has 16 heavy (non-hydrogen) atoms. The summed E-state index contributed by atoms with van der Waals surface area (Å²) in [5, 5.41) is 18.8. The van der Waals surface area contributed by atoms with Gasteiger partial charge in [0.2, 0.25) is 5.43 Å². The molecule has 5 heteroatoms. The van der Waals surface area contributed by atoms with Crippen molar-refractivity contribution in [2.45, 2.75) is 25.5 Å². The normalized spacial score (nSPS) is 26.1. The van der Waals surface area contributed by atoms with Crippen LogP contribution in [0.2, 0.25) is 0 Å². The minimum Gasteiger partial charge on any atom is -0.502 e. The number of rotatable bonds is 2. The molecular weight excluding hydrogens is 210 g/mol. The zero-order chi connectivity index (χ0) is 11.8. The molecule has 1 aromatic heterocycles. The van der Waals surface area contributed by atoms with Crippen molar-refractivity contribution in [2.75, 3.05) is 13.1 Å². The Labute approximate surface area is 92.9 Å². The fourth-order valence-electron chi connectivity index (χ4n) is 1.92. The van der Waals surface area contributed by atoms with Gasteiger partial charge < -0.3 is 14.6 Å². The van der Waals surface area contributed by atoms with E-state index in [1.165, 1.54) is 6.07 Å². The van der Waals surface area contributed by atoms with Crippen LogP contribution in [-0.4, -0.2) is 33.8 Å². The van der Waals surface area contributed by atoms with Crippen molar-refractivity contribution >= 4 is 0 Å². The molecule has 5 nitrogen and oxygen atoms in total. The lowest BCUT2D eigenvalue weighted by molar-refractivity contribution is 0.0669. The third-order valence-electron chi connectivity index (χ3n) is 2.78. The second-order valence-corrected chi connectivity index (χ2v) is 4.55. The molecule has 0 saturated carbocycles. The first-order chi connectivity index (χ1) is 7.46. The van der Waals surface area contributed by atoms with Crippen LogP contribution >= 0.6 is 0 Å². The van der Waals surface area contributed by atoms with Crippen molar-refractivity contribution in [1.82, 2.24) is 4.90 Å². The van der Waals surface area contributed by atoms with Gasteiger partial charge >= 0.3 is 0 Å². The van der Waals surface area contributed by atoms with E-state index in [0.29, 0.717) is 18.8 Å². The van der Waals surface area contributed by atoms with Gasteiger partial charge in [0.15, 0.2) is 5.75 Å². The van der Waals surface area contributed by atoms with Gasteiger partial charge in [-0.15, -0.1) is 0 Å². The van der Waals surface area contributed by atoms with Crippen molar-refractivity contribution < 1.29 is 14.6 Å². The first-order valence-corrected chi connectivity index (χ1v) is 5.22. The highest BCUT2D eigenvalue weighted by atomic mass is 16.4. The van der Waals surface area contributed by atoms with Crippen LogP contribution in [0.15, 0.2) is 21.5 Å². The zero-order valence-electron chi connectivity index (χ0n) is 9.14. The van der Waals surface area contributed by atoms with Gasteiger partial charge in [0.05, 0.1) is 12.1 Å². The van der Waals surface area contributed by atoms with Crippen LogP contribution in [0.1, 0.15) is 19.1 Å². The van der Waals surface area contributed by atoms with Gasteiger partial charge in [-0.25, -0.2) is 0 Å². The second kappa shape index (κ2) is 3.92. The van der Waals surface area contributed by atoms with Crippen LogP contribution in [0.3, 0.4) is 0 Å². The predicted molar refractivity (Wildman–Crippen MR) is 57.2 cm³/mol. The number of likely N-dealkylation sites (tertiary alicyclic amines) is 1. The highest BCUT2D eigenvalue weighted by Gasteiger charge is 2.31. The minimum absolute atomic E-state index is 0.378. The van der Waals surface area contributed by atoms with E-state index >= 15 is 0 Å². The molecule has 2 heterocycles. The van der Waals surface area contributed by atoms with Crippen LogP contribution in [0.4, 0.5) is 0 Å². The number of aromatic hydroxyl groups is 1.